The molecular weight excluding hydrogens is 947 g/mol. The van der Waals surface area contributed by atoms with Crippen molar-refractivity contribution in [1.29, 1.82) is 0 Å². The maximum absolute atomic E-state index is 12.5. The lowest BCUT2D eigenvalue weighted by molar-refractivity contribution is -0.143. The third kappa shape index (κ3) is 63.1. The third-order valence-corrected chi connectivity index (χ3v) is 16.1. The van der Waals surface area contributed by atoms with E-state index >= 15 is 0 Å². The van der Waals surface area contributed by atoms with Crippen LogP contribution in [-0.4, -0.2) is 47.4 Å². The summed E-state index contributed by atoms with van der Waals surface area (Å²) >= 11 is 0. The highest BCUT2D eigenvalue weighted by Gasteiger charge is 2.20. The molecule has 0 aliphatic heterocycles. The highest BCUT2D eigenvalue weighted by molar-refractivity contribution is 5.76. The summed E-state index contributed by atoms with van der Waals surface area (Å²) in [7, 11) is 0. The van der Waals surface area contributed by atoms with Crippen molar-refractivity contribution < 1.29 is 24.5 Å². The lowest BCUT2D eigenvalue weighted by atomic mass is 10.0. The first-order valence-corrected chi connectivity index (χ1v) is 34.7. The molecule has 0 aromatic rings. The van der Waals surface area contributed by atoms with Gasteiger partial charge in [-0.25, -0.2) is 0 Å². The molecule has 0 fully saturated rings. The number of esters is 1. The largest absolute Gasteiger partial charge is 0.466 e. The number of aliphatic hydroxyl groups excluding tert-OH is 2. The Hall–Kier alpha value is -1.92. The van der Waals surface area contributed by atoms with E-state index in [0.29, 0.717) is 25.9 Å². The van der Waals surface area contributed by atoms with Crippen molar-refractivity contribution in [2.24, 2.45) is 0 Å². The Morgan fingerprint density at radius 1 is 0.364 bits per heavy atom. The number of hydrogen-bond donors (Lipinski definition) is 3. The highest BCUT2D eigenvalue weighted by Crippen LogP contribution is 2.19. The lowest BCUT2D eigenvalue weighted by Crippen LogP contribution is -2.45. The SMILES string of the molecule is CCC/C=C\C/C=C\CCCCCCCC(=O)OCCCCCCCCCCCCCC/C=C\CCCCCCCCCCCCC(=O)NC(CO)C(O)CCCCCCCCCCCCCCCCCCCCCCC. The molecule has 1 amide bonds. The number of hydrogen-bond acceptors (Lipinski definition) is 5. The van der Waals surface area contributed by atoms with Crippen molar-refractivity contribution in [3.63, 3.8) is 0 Å². The average Bonchev–Trinajstić information content (AvgIpc) is 3.43. The van der Waals surface area contributed by atoms with Crippen molar-refractivity contribution in [3.8, 4) is 0 Å². The normalized spacial score (nSPS) is 12.7. The molecule has 0 saturated heterocycles. The number of unbranched alkanes of at least 4 members (excludes halogenated alkanes) is 48. The molecule has 2 unspecified atom stereocenters. The van der Waals surface area contributed by atoms with Crippen LogP contribution in [0.1, 0.15) is 380 Å². The van der Waals surface area contributed by atoms with E-state index in [-0.39, 0.29) is 18.5 Å². The zero-order valence-corrected chi connectivity index (χ0v) is 52.0. The van der Waals surface area contributed by atoms with Gasteiger partial charge in [-0.15, -0.1) is 0 Å². The maximum Gasteiger partial charge on any atom is 0.305 e. The topological polar surface area (TPSA) is 95.9 Å². The van der Waals surface area contributed by atoms with Crippen LogP contribution in [0.3, 0.4) is 0 Å². The Balaban J connectivity index is 3.40. The molecule has 6 nitrogen and oxygen atoms in total. The maximum atomic E-state index is 12.5. The van der Waals surface area contributed by atoms with Crippen LogP contribution < -0.4 is 5.32 Å². The fourth-order valence-electron chi connectivity index (χ4n) is 10.9. The van der Waals surface area contributed by atoms with Gasteiger partial charge in [0.05, 0.1) is 25.4 Å². The molecule has 0 aromatic heterocycles. The molecular formula is C71H135NO5. The molecule has 454 valence electrons. The first kappa shape index (κ1) is 75.1. The van der Waals surface area contributed by atoms with E-state index in [0.717, 1.165) is 51.4 Å². The van der Waals surface area contributed by atoms with E-state index in [9.17, 15) is 19.8 Å². The third-order valence-electron chi connectivity index (χ3n) is 16.1. The Morgan fingerprint density at radius 2 is 0.675 bits per heavy atom. The van der Waals surface area contributed by atoms with Crippen LogP contribution in [0, 0.1) is 0 Å². The predicted molar refractivity (Wildman–Crippen MR) is 338 cm³/mol. The Morgan fingerprint density at radius 3 is 1.05 bits per heavy atom. The summed E-state index contributed by atoms with van der Waals surface area (Å²) in [5.41, 5.74) is 0. The smallest absolute Gasteiger partial charge is 0.305 e. The minimum atomic E-state index is -0.667. The molecule has 6 heteroatoms. The molecule has 0 heterocycles. The number of ether oxygens (including phenoxy) is 1. The summed E-state index contributed by atoms with van der Waals surface area (Å²) in [6, 6.07) is -0.544. The summed E-state index contributed by atoms with van der Waals surface area (Å²) in [4.78, 5) is 24.6. The quantitative estimate of drug-likeness (QED) is 0.0320. The molecule has 2 atom stereocenters. The van der Waals surface area contributed by atoms with E-state index in [1.54, 1.807) is 0 Å². The molecule has 77 heavy (non-hydrogen) atoms. The van der Waals surface area contributed by atoms with Crippen LogP contribution >= 0.6 is 0 Å². The van der Waals surface area contributed by atoms with Gasteiger partial charge in [-0.05, 0) is 77.0 Å². The van der Waals surface area contributed by atoms with Gasteiger partial charge in [-0.3, -0.25) is 9.59 Å². The zero-order valence-electron chi connectivity index (χ0n) is 52.0. The van der Waals surface area contributed by atoms with Gasteiger partial charge in [0.25, 0.3) is 0 Å². The zero-order chi connectivity index (χ0) is 55.7. The molecule has 3 N–H and O–H groups in total. The minimum absolute atomic E-state index is 0.000661. The van der Waals surface area contributed by atoms with E-state index in [4.69, 9.17) is 4.74 Å². The molecule has 0 aliphatic rings. The van der Waals surface area contributed by atoms with Crippen LogP contribution in [-0.2, 0) is 14.3 Å². The first-order chi connectivity index (χ1) is 38.0. The summed E-state index contributed by atoms with van der Waals surface area (Å²) in [6.07, 6.45) is 84.7. The van der Waals surface area contributed by atoms with E-state index in [2.05, 4.69) is 55.6 Å². The lowest BCUT2D eigenvalue weighted by Gasteiger charge is -2.22. The summed E-state index contributed by atoms with van der Waals surface area (Å²) in [5.74, 6) is -0.0338. The predicted octanol–water partition coefficient (Wildman–Crippen LogP) is 22.3. The van der Waals surface area contributed by atoms with Gasteiger partial charge >= 0.3 is 5.97 Å². The van der Waals surface area contributed by atoms with Crippen molar-refractivity contribution in [2.75, 3.05) is 13.2 Å². The fourth-order valence-corrected chi connectivity index (χ4v) is 10.9. The second-order valence-electron chi connectivity index (χ2n) is 23.9. The van der Waals surface area contributed by atoms with Gasteiger partial charge in [-0.1, -0.05) is 326 Å². The van der Waals surface area contributed by atoms with Crippen LogP contribution in [0.4, 0.5) is 0 Å². The van der Waals surface area contributed by atoms with Crippen LogP contribution in [0.25, 0.3) is 0 Å². The van der Waals surface area contributed by atoms with Crippen molar-refractivity contribution in [1.82, 2.24) is 5.32 Å². The number of nitrogens with one attached hydrogen (secondary N) is 1. The van der Waals surface area contributed by atoms with Gasteiger partial charge < -0.3 is 20.3 Å². The Labute approximate surface area is 481 Å². The van der Waals surface area contributed by atoms with E-state index in [1.165, 1.54) is 295 Å². The summed E-state index contributed by atoms with van der Waals surface area (Å²) in [6.45, 7) is 4.91. The van der Waals surface area contributed by atoms with Crippen LogP contribution in [0.5, 0.6) is 0 Å². The van der Waals surface area contributed by atoms with Gasteiger partial charge in [0.2, 0.25) is 5.91 Å². The van der Waals surface area contributed by atoms with E-state index < -0.39 is 12.1 Å². The number of amides is 1. The second kappa shape index (κ2) is 66.6. The Bertz CT molecular complexity index is 1250. The number of carbonyl (C=O) groups is 2. The van der Waals surface area contributed by atoms with Crippen LogP contribution in [0.15, 0.2) is 36.5 Å². The molecule has 0 spiro atoms. The number of carbonyl (C=O) groups excluding carboxylic acids is 2. The minimum Gasteiger partial charge on any atom is -0.466 e. The molecule has 0 rings (SSSR count). The summed E-state index contributed by atoms with van der Waals surface area (Å²) in [5, 5.41) is 23.4. The molecule has 0 bridgehead atoms. The fraction of sp³-hybridized carbons (Fsp3) is 0.887. The number of allylic oxidation sites excluding steroid dienone is 6. The Kier molecular flexibility index (Phi) is 64.9. The van der Waals surface area contributed by atoms with Gasteiger partial charge in [0.1, 0.15) is 0 Å². The van der Waals surface area contributed by atoms with Crippen molar-refractivity contribution >= 4 is 11.9 Å². The van der Waals surface area contributed by atoms with Crippen LogP contribution in [0.2, 0.25) is 0 Å². The first-order valence-electron chi connectivity index (χ1n) is 34.7. The molecule has 0 saturated carbocycles. The van der Waals surface area contributed by atoms with Gasteiger partial charge in [0, 0.05) is 12.8 Å². The molecule has 0 radical (unpaired) electrons. The monoisotopic (exact) mass is 1080 g/mol. The number of aliphatic hydroxyl groups is 2. The molecule has 0 aliphatic carbocycles. The highest BCUT2D eigenvalue weighted by atomic mass is 16.5. The summed E-state index contributed by atoms with van der Waals surface area (Å²) < 4.78 is 5.47. The standard InChI is InChI=1S/C71H135NO5/c1-3-5-7-9-11-13-15-17-18-19-20-27-30-33-36-40-43-47-51-55-59-63-69(74)68(67-73)72-70(75)64-60-56-52-48-44-41-37-34-31-28-25-23-21-22-24-26-29-32-35-38-42-46-50-54-58-62-66-77-71(76)65-61-57-53-49-45-39-16-14-12-10-8-6-4-2/h8,10,14,16,21,23,68-69,73-74H,3-7,9,11-13,15,17-20,22,24-67H2,1-2H3,(H,72,75)/b10-8-,16-14-,23-21-. The average molecular weight is 1080 g/mol. The van der Waals surface area contributed by atoms with Crippen molar-refractivity contribution in [2.45, 2.75) is 392 Å². The van der Waals surface area contributed by atoms with E-state index in [1.807, 2.05) is 0 Å². The molecule has 0 aromatic carbocycles. The second-order valence-corrected chi connectivity index (χ2v) is 23.9. The van der Waals surface area contributed by atoms with Gasteiger partial charge in [0.15, 0.2) is 0 Å². The van der Waals surface area contributed by atoms with Crippen molar-refractivity contribution in [3.05, 3.63) is 36.5 Å². The number of rotatable bonds is 65. The van der Waals surface area contributed by atoms with Gasteiger partial charge in [-0.2, -0.15) is 0 Å².